The molecule has 0 radical (unpaired) electrons. The molecule has 3 fully saturated rings. The summed E-state index contributed by atoms with van der Waals surface area (Å²) < 4.78 is 11.7. The fourth-order valence-electron chi connectivity index (χ4n) is 16.4. The van der Waals surface area contributed by atoms with E-state index < -0.39 is 0 Å². The summed E-state index contributed by atoms with van der Waals surface area (Å²) in [4.78, 5) is 62.2. The Balaban J connectivity index is 0.000000120. The number of fused-ring (bicyclic) bond motifs is 6. The molecular weight excluding hydrogens is 1430 g/mol. The van der Waals surface area contributed by atoms with Crippen molar-refractivity contribution >= 4 is 122 Å². The number of nitrogens with two attached hydrogens (primary N) is 6. The second kappa shape index (κ2) is 27.9. The molecule has 11 aromatic heterocycles. The fourth-order valence-corrected chi connectivity index (χ4v) is 20.0. The van der Waals surface area contributed by atoms with Crippen molar-refractivity contribution in [2.45, 2.75) is 126 Å². The highest BCUT2D eigenvalue weighted by molar-refractivity contribution is 8.00. The normalized spacial score (nSPS) is 19.0. The maximum Gasteiger partial charge on any atom is 0.211 e. The molecule has 12 N–H and O–H groups in total. The van der Waals surface area contributed by atoms with Gasteiger partial charge in [-0.25, -0.2) is 44.9 Å². The minimum atomic E-state index is 0.0395. The Hall–Kier alpha value is -8.77. The zero-order valence-corrected chi connectivity index (χ0v) is 62.5. The van der Waals surface area contributed by atoms with E-state index in [4.69, 9.17) is 88.9 Å². The largest absolute Gasteiger partial charge is 0.497 e. The molecule has 3 aliphatic heterocycles. The zero-order chi connectivity index (χ0) is 71.9. The van der Waals surface area contributed by atoms with Crippen LogP contribution in [0.1, 0.15) is 107 Å². The molecule has 0 unspecified atom stereocenters. The van der Waals surface area contributed by atoms with Crippen molar-refractivity contribution in [2.75, 3.05) is 78.3 Å². The number of ether oxygens (including phenoxy) is 1. The van der Waals surface area contributed by atoms with Crippen LogP contribution in [0.3, 0.4) is 0 Å². The molecule has 3 saturated heterocycles. The summed E-state index contributed by atoms with van der Waals surface area (Å²) in [6, 6.07) is 16.2. The molecule has 0 bridgehead atoms. The molecule has 0 amide bonds. The molecule has 30 heteroatoms. The molecule has 104 heavy (non-hydrogen) atoms. The van der Waals surface area contributed by atoms with E-state index in [1.165, 1.54) is 68.7 Å². The lowest BCUT2D eigenvalue weighted by molar-refractivity contribution is 0.186. The van der Waals surface area contributed by atoms with E-state index in [0.717, 1.165) is 184 Å². The third-order valence-corrected chi connectivity index (χ3v) is 27.5. The molecule has 3 aliphatic carbocycles. The van der Waals surface area contributed by atoms with Crippen molar-refractivity contribution in [2.24, 2.45) is 33.4 Å². The Morgan fingerprint density at radius 3 is 1.18 bits per heavy atom. The van der Waals surface area contributed by atoms with Gasteiger partial charge in [0.1, 0.15) is 23.2 Å². The molecule has 534 valence electrons. The van der Waals surface area contributed by atoms with Crippen LogP contribution >= 0.6 is 70.1 Å². The molecule has 0 saturated carbocycles. The van der Waals surface area contributed by atoms with Gasteiger partial charge in [-0.2, -0.15) is 0 Å². The maximum atomic E-state index is 6.83. The molecular formula is C74H78Cl3N23OS3. The van der Waals surface area contributed by atoms with E-state index in [1.54, 1.807) is 25.7 Å². The number of pyridine rings is 5. The lowest BCUT2D eigenvalue weighted by atomic mass is 9.73. The van der Waals surface area contributed by atoms with Gasteiger partial charge in [0.25, 0.3) is 0 Å². The molecule has 24 nitrogen and oxygen atoms in total. The van der Waals surface area contributed by atoms with E-state index in [-0.39, 0.29) is 34.4 Å². The van der Waals surface area contributed by atoms with Crippen LogP contribution < -0.4 is 53.8 Å². The number of anilines is 6. The number of aromatic nitrogens is 14. The highest BCUT2D eigenvalue weighted by atomic mass is 35.5. The number of benzene rings is 1. The quantitative estimate of drug-likeness (QED) is 0.0741. The molecule has 3 spiro atoms. The van der Waals surface area contributed by atoms with Gasteiger partial charge in [0.2, 0.25) is 17.8 Å². The van der Waals surface area contributed by atoms with Crippen LogP contribution in [0.5, 0.6) is 5.75 Å². The zero-order valence-electron chi connectivity index (χ0n) is 57.8. The molecule has 12 aromatic rings. The van der Waals surface area contributed by atoms with E-state index in [9.17, 15) is 0 Å². The maximum absolute atomic E-state index is 6.83. The van der Waals surface area contributed by atoms with Crippen molar-refractivity contribution in [1.29, 1.82) is 0 Å². The van der Waals surface area contributed by atoms with Gasteiger partial charge in [-0.1, -0.05) is 76.2 Å². The average Bonchev–Trinajstić information content (AvgIpc) is 1.47. The van der Waals surface area contributed by atoms with Crippen LogP contribution in [0.4, 0.5) is 35.3 Å². The number of rotatable bonds is 10. The van der Waals surface area contributed by atoms with Crippen molar-refractivity contribution in [3.8, 4) is 5.75 Å². The molecule has 6 aliphatic rings. The number of nitrogens with zero attached hydrogens (tertiary/aromatic N) is 17. The predicted octanol–water partition coefficient (Wildman–Crippen LogP) is 12.8. The SMILES string of the molecule is COc1ccc2c(c1)CC1(CCN(c3nc(C)c(Sc4ccnc(N)c4Cl)c4nccn34)CC1)[C@@H]2N.Cc1nc(N2CCC3(CC2)Cc2ccncc2[C@H]3N)n2ccnc2c1Sc1ccnc(N)c1Cl.Cc1nc(N2CCC3(CC2)Cc2cnccc2[C@H]3N)n2ccnc2c1Sc1ccnc(N)c1Cl. The van der Waals surface area contributed by atoms with Crippen LogP contribution in [-0.4, -0.2) is 114 Å². The van der Waals surface area contributed by atoms with Crippen molar-refractivity contribution < 1.29 is 4.74 Å². The number of methoxy groups -OCH3 is 1. The van der Waals surface area contributed by atoms with Crippen molar-refractivity contribution in [3.05, 3.63) is 195 Å². The Labute approximate surface area is 628 Å². The van der Waals surface area contributed by atoms with Gasteiger partial charge >= 0.3 is 0 Å². The van der Waals surface area contributed by atoms with Crippen LogP contribution in [0.2, 0.25) is 15.1 Å². The lowest BCUT2D eigenvalue weighted by Gasteiger charge is -2.42. The number of halogens is 3. The lowest BCUT2D eigenvalue weighted by Crippen LogP contribution is -2.45. The monoisotopic (exact) mass is 1510 g/mol. The van der Waals surface area contributed by atoms with Gasteiger partial charge < -0.3 is 53.8 Å². The second-order valence-corrected chi connectivity index (χ2v) is 32.2. The second-order valence-electron chi connectivity index (χ2n) is 27.9. The van der Waals surface area contributed by atoms with Crippen LogP contribution in [0.15, 0.2) is 158 Å². The minimum absolute atomic E-state index is 0.0395. The number of imidazole rings is 3. The number of piperidine rings is 3. The first-order valence-electron chi connectivity index (χ1n) is 34.6. The van der Waals surface area contributed by atoms with Gasteiger partial charge in [-0.15, -0.1) is 0 Å². The fraction of sp³-hybridized carbons (Fsp3) is 0.338. The Bertz CT molecular complexity index is 5070. The molecule has 1 aromatic carbocycles. The third-order valence-electron chi connectivity index (χ3n) is 22.2. The summed E-state index contributed by atoms with van der Waals surface area (Å²) >= 11 is 23.8. The number of aryl methyl sites for hydroxylation is 3. The van der Waals surface area contributed by atoms with Gasteiger partial charge in [-0.05, 0) is 171 Å². The van der Waals surface area contributed by atoms with Crippen LogP contribution in [-0.2, 0) is 19.3 Å². The standard InChI is InChI=1S/C26H28ClN7OS.2C24H25ClN8S/c1-15-21(36-19-5-8-30-23(29)20(19)27)24-31-9-12-34(24)25(32-15)33-10-6-26(7-11-33)14-16-13-17(35-2)3-4-18(16)22(26)28;1-14-19(34-17-3-7-29-21(27)18(17)25)22-30-8-11-33(22)23(31-14)32-9-4-24(5-10-32)12-15-13-28-6-2-16(15)20(24)26;1-14-19(34-17-3-7-29-21(27)18(17)25)22-30-8-11-33(22)23(31-14)32-9-4-24(5-10-32)12-15-2-6-28-13-16(15)20(24)26/h3-5,8-9,12-13,22H,6-7,10-11,14,28H2,1-2H3,(H2,29,30);2*2-3,6-8,11,13,20H,4-5,9-10,12,26H2,1H3,(H2,27,29)/t22-;2*20-/m111/s1. The number of hydrogen-bond acceptors (Lipinski definition) is 24. The van der Waals surface area contributed by atoms with Crippen LogP contribution in [0, 0.1) is 37.0 Å². The number of hydrogen-bond donors (Lipinski definition) is 6. The summed E-state index contributed by atoms with van der Waals surface area (Å²) in [5.41, 5.74) is 51.3. The van der Waals surface area contributed by atoms with E-state index in [2.05, 4.69) is 92.0 Å². The highest BCUT2D eigenvalue weighted by Crippen LogP contribution is 2.55. The van der Waals surface area contributed by atoms with Gasteiger partial charge in [0.15, 0.2) is 16.9 Å². The van der Waals surface area contributed by atoms with E-state index >= 15 is 0 Å². The number of nitrogen functional groups attached to an aromatic ring is 3. The van der Waals surface area contributed by atoms with Crippen molar-refractivity contribution in [1.82, 2.24) is 68.0 Å². The summed E-state index contributed by atoms with van der Waals surface area (Å²) in [6.07, 6.45) is 33.1. The van der Waals surface area contributed by atoms with Gasteiger partial charge in [0.05, 0.1) is 53.9 Å². The summed E-state index contributed by atoms with van der Waals surface area (Å²) in [5, 5.41) is 1.35. The Morgan fingerprint density at radius 2 is 0.788 bits per heavy atom. The average molecular weight is 1510 g/mol. The van der Waals surface area contributed by atoms with Gasteiger partial charge in [-0.3, -0.25) is 23.2 Å². The first kappa shape index (κ1) is 69.6. The van der Waals surface area contributed by atoms with E-state index in [1.807, 2.05) is 107 Å². The highest BCUT2D eigenvalue weighted by Gasteiger charge is 2.49. The topological polar surface area (TPSA) is 330 Å². The molecule has 3 atom stereocenters. The van der Waals surface area contributed by atoms with Crippen molar-refractivity contribution in [3.63, 3.8) is 0 Å². The minimum Gasteiger partial charge on any atom is -0.497 e. The first-order chi connectivity index (χ1) is 50.3. The molecule has 18 rings (SSSR count). The predicted molar refractivity (Wildman–Crippen MR) is 412 cm³/mol. The Kier molecular flexibility index (Phi) is 18.7. The van der Waals surface area contributed by atoms with E-state index in [0.29, 0.717) is 32.5 Å². The first-order valence-corrected chi connectivity index (χ1v) is 38.2. The Morgan fingerprint density at radius 1 is 0.423 bits per heavy atom. The summed E-state index contributed by atoms with van der Waals surface area (Å²) in [6.45, 7) is 11.4. The third kappa shape index (κ3) is 12.4. The van der Waals surface area contributed by atoms with Crippen LogP contribution in [0.25, 0.3) is 16.9 Å². The van der Waals surface area contributed by atoms with Gasteiger partial charge in [0, 0.05) is 153 Å². The summed E-state index contributed by atoms with van der Waals surface area (Å²) in [7, 11) is 1.71. The summed E-state index contributed by atoms with van der Waals surface area (Å²) in [5.74, 6) is 4.58. The smallest absolute Gasteiger partial charge is 0.211 e. The molecule has 14 heterocycles.